The molecule has 0 heterocycles. The Kier molecular flexibility index (Phi) is 12.1. The number of amides is 2. The van der Waals surface area contributed by atoms with Crippen LogP contribution < -0.4 is 9.62 Å². The molecule has 4 aromatic carbocycles. The van der Waals surface area contributed by atoms with E-state index in [1.165, 1.54) is 17.0 Å². The fraction of sp³-hybridized carbons (Fsp3) is 0.278. The molecule has 2 atom stereocenters. The molecule has 2 amide bonds. The molecule has 0 bridgehead atoms. The maximum absolute atomic E-state index is 14.6. The first-order chi connectivity index (χ1) is 21.9. The van der Waals surface area contributed by atoms with Gasteiger partial charge >= 0.3 is 0 Å². The van der Waals surface area contributed by atoms with Crippen molar-refractivity contribution in [1.29, 1.82) is 0 Å². The van der Waals surface area contributed by atoms with E-state index in [1.807, 2.05) is 75.4 Å². The minimum absolute atomic E-state index is 0.0409. The Labute approximate surface area is 285 Å². The van der Waals surface area contributed by atoms with Crippen LogP contribution >= 0.6 is 27.5 Å². The van der Waals surface area contributed by atoms with Crippen molar-refractivity contribution in [2.75, 3.05) is 10.8 Å². The molecule has 242 valence electrons. The Balaban J connectivity index is 1.84. The van der Waals surface area contributed by atoms with Gasteiger partial charge in [0.05, 0.1) is 10.6 Å². The van der Waals surface area contributed by atoms with Gasteiger partial charge in [0.2, 0.25) is 11.8 Å². The van der Waals surface area contributed by atoms with Gasteiger partial charge in [-0.05, 0) is 80.3 Å². The molecule has 46 heavy (non-hydrogen) atoms. The summed E-state index contributed by atoms with van der Waals surface area (Å²) in [6.45, 7) is 7.06. The van der Waals surface area contributed by atoms with Gasteiger partial charge in [0.15, 0.2) is 0 Å². The number of sulfonamides is 1. The van der Waals surface area contributed by atoms with Crippen molar-refractivity contribution >= 4 is 55.1 Å². The maximum atomic E-state index is 14.6. The number of carbonyl (C=O) groups excluding carboxylic acids is 2. The van der Waals surface area contributed by atoms with Gasteiger partial charge in [-0.2, -0.15) is 0 Å². The first-order valence-corrected chi connectivity index (χ1v) is 17.7. The topological polar surface area (TPSA) is 86.8 Å². The van der Waals surface area contributed by atoms with Crippen LogP contribution in [0.15, 0.2) is 106 Å². The second-order valence-electron chi connectivity index (χ2n) is 11.4. The van der Waals surface area contributed by atoms with Gasteiger partial charge in [-0.3, -0.25) is 13.9 Å². The smallest absolute Gasteiger partial charge is 0.264 e. The molecule has 4 aromatic rings. The Hall–Kier alpha value is -3.66. The molecule has 0 saturated heterocycles. The molecule has 0 spiro atoms. The molecule has 4 rings (SSSR count). The quantitative estimate of drug-likeness (QED) is 0.155. The first-order valence-electron chi connectivity index (χ1n) is 15.1. The fourth-order valence-corrected chi connectivity index (χ4v) is 7.11. The number of anilines is 1. The normalized spacial score (nSPS) is 12.7. The third-order valence-electron chi connectivity index (χ3n) is 7.84. The van der Waals surface area contributed by atoms with E-state index < -0.39 is 28.5 Å². The molecule has 0 aromatic heterocycles. The van der Waals surface area contributed by atoms with Crippen molar-refractivity contribution in [3.05, 3.63) is 129 Å². The predicted molar refractivity (Wildman–Crippen MR) is 188 cm³/mol. The highest BCUT2D eigenvalue weighted by Crippen LogP contribution is 2.30. The lowest BCUT2D eigenvalue weighted by Gasteiger charge is -2.34. The molecule has 0 aliphatic heterocycles. The van der Waals surface area contributed by atoms with Crippen LogP contribution in [-0.2, 0) is 32.6 Å². The van der Waals surface area contributed by atoms with E-state index in [2.05, 4.69) is 21.2 Å². The van der Waals surface area contributed by atoms with E-state index in [-0.39, 0.29) is 35.5 Å². The maximum Gasteiger partial charge on any atom is 0.264 e. The van der Waals surface area contributed by atoms with Crippen molar-refractivity contribution in [2.24, 2.45) is 0 Å². The van der Waals surface area contributed by atoms with E-state index >= 15 is 0 Å². The fourth-order valence-electron chi connectivity index (χ4n) is 5.03. The van der Waals surface area contributed by atoms with Gasteiger partial charge in [-0.25, -0.2) is 8.42 Å². The Bertz CT molecular complexity index is 1770. The molecule has 0 fully saturated rings. The largest absolute Gasteiger partial charge is 0.352 e. The Morgan fingerprint density at radius 3 is 2.22 bits per heavy atom. The second kappa shape index (κ2) is 15.8. The number of carbonyl (C=O) groups is 2. The molecule has 0 unspecified atom stereocenters. The molecular weight excluding hydrogens is 686 g/mol. The van der Waals surface area contributed by atoms with E-state index in [4.69, 9.17) is 11.6 Å². The van der Waals surface area contributed by atoms with Crippen molar-refractivity contribution in [3.8, 4) is 0 Å². The van der Waals surface area contributed by atoms with E-state index in [1.54, 1.807) is 37.3 Å². The van der Waals surface area contributed by atoms with Gasteiger partial charge in [0, 0.05) is 28.5 Å². The van der Waals surface area contributed by atoms with Gasteiger partial charge < -0.3 is 10.2 Å². The number of rotatable bonds is 13. The molecule has 10 heteroatoms. The highest BCUT2D eigenvalue weighted by molar-refractivity contribution is 9.10. The molecule has 0 radical (unpaired) electrons. The van der Waals surface area contributed by atoms with Crippen LogP contribution in [0, 0.1) is 13.8 Å². The summed E-state index contributed by atoms with van der Waals surface area (Å²) in [5.41, 5.74) is 3.46. The van der Waals surface area contributed by atoms with Gasteiger partial charge in [-0.15, -0.1) is 0 Å². The SMILES string of the molecule is CC[C@H](C)NC(=O)[C@H](Cc1ccccc1)N(Cc1cccc(Br)c1)C(=O)CN(c1cc(Cl)ccc1C)S(=O)(=O)c1ccc(C)cc1. The zero-order valence-corrected chi connectivity index (χ0v) is 29.6. The highest BCUT2D eigenvalue weighted by atomic mass is 79.9. The standard InChI is InChI=1S/C36H39BrClN3O4S/c1-5-27(4)39-36(43)34(21-28-10-7-6-8-11-28)40(23-29-12-9-13-30(37)20-29)35(42)24-41(33-22-31(38)17-16-26(33)3)46(44,45)32-18-14-25(2)15-19-32/h6-20,22,27,34H,5,21,23-24H2,1-4H3,(H,39,43)/t27-,34-/m0/s1. The van der Waals surface area contributed by atoms with Gasteiger partial charge in [0.1, 0.15) is 12.6 Å². The molecule has 7 nitrogen and oxygen atoms in total. The number of hydrogen-bond donors (Lipinski definition) is 1. The average Bonchev–Trinajstić information content (AvgIpc) is 3.03. The van der Waals surface area contributed by atoms with E-state index in [0.717, 1.165) is 25.5 Å². The van der Waals surface area contributed by atoms with E-state index in [9.17, 15) is 18.0 Å². The minimum Gasteiger partial charge on any atom is -0.352 e. The van der Waals surface area contributed by atoms with Crippen molar-refractivity contribution in [2.45, 2.75) is 64.1 Å². The number of aryl methyl sites for hydroxylation is 2. The monoisotopic (exact) mass is 723 g/mol. The second-order valence-corrected chi connectivity index (χ2v) is 14.6. The van der Waals surface area contributed by atoms with Crippen LogP contribution in [0.25, 0.3) is 0 Å². The number of nitrogens with zero attached hydrogens (tertiary/aromatic N) is 2. The van der Waals surface area contributed by atoms with Crippen LogP contribution in [0.3, 0.4) is 0 Å². The Morgan fingerprint density at radius 1 is 0.891 bits per heavy atom. The summed E-state index contributed by atoms with van der Waals surface area (Å²) in [7, 11) is -4.23. The molecular formula is C36H39BrClN3O4S. The predicted octanol–water partition coefficient (Wildman–Crippen LogP) is 7.47. The summed E-state index contributed by atoms with van der Waals surface area (Å²) < 4.78 is 30.5. The summed E-state index contributed by atoms with van der Waals surface area (Å²) in [6, 6.07) is 27.4. The third-order valence-corrected chi connectivity index (χ3v) is 10.3. The Morgan fingerprint density at radius 2 is 1.57 bits per heavy atom. The number of nitrogens with one attached hydrogen (secondary N) is 1. The lowest BCUT2D eigenvalue weighted by molar-refractivity contribution is -0.140. The highest BCUT2D eigenvalue weighted by Gasteiger charge is 2.35. The summed E-state index contributed by atoms with van der Waals surface area (Å²) in [6.07, 6.45) is 0.948. The minimum atomic E-state index is -4.23. The summed E-state index contributed by atoms with van der Waals surface area (Å²) >= 11 is 9.88. The van der Waals surface area contributed by atoms with Gasteiger partial charge in [-0.1, -0.05) is 101 Å². The van der Waals surface area contributed by atoms with Crippen LogP contribution in [0.5, 0.6) is 0 Å². The van der Waals surface area contributed by atoms with Crippen molar-refractivity contribution in [1.82, 2.24) is 10.2 Å². The average molecular weight is 725 g/mol. The van der Waals surface area contributed by atoms with Crippen LogP contribution in [0.4, 0.5) is 5.69 Å². The lowest BCUT2D eigenvalue weighted by Crippen LogP contribution is -2.54. The van der Waals surface area contributed by atoms with Crippen LogP contribution in [0.1, 0.15) is 42.5 Å². The third kappa shape index (κ3) is 8.99. The van der Waals surface area contributed by atoms with Crippen LogP contribution in [0.2, 0.25) is 5.02 Å². The van der Waals surface area contributed by atoms with Crippen molar-refractivity contribution < 1.29 is 18.0 Å². The zero-order valence-electron chi connectivity index (χ0n) is 26.4. The van der Waals surface area contributed by atoms with E-state index in [0.29, 0.717) is 17.0 Å². The zero-order chi connectivity index (χ0) is 33.4. The van der Waals surface area contributed by atoms with Gasteiger partial charge in [0.25, 0.3) is 10.0 Å². The van der Waals surface area contributed by atoms with Crippen LogP contribution in [-0.4, -0.2) is 43.8 Å². The van der Waals surface area contributed by atoms with Crippen molar-refractivity contribution in [3.63, 3.8) is 0 Å². The number of benzene rings is 4. The summed E-state index contributed by atoms with van der Waals surface area (Å²) in [5, 5.41) is 3.39. The number of halogens is 2. The molecule has 0 aliphatic rings. The number of hydrogen-bond acceptors (Lipinski definition) is 4. The first kappa shape index (κ1) is 35.2. The summed E-state index contributed by atoms with van der Waals surface area (Å²) in [4.78, 5) is 30.1. The molecule has 0 saturated carbocycles. The lowest BCUT2D eigenvalue weighted by atomic mass is 10.0. The molecule has 0 aliphatic carbocycles. The molecule has 1 N–H and O–H groups in total. The summed E-state index contributed by atoms with van der Waals surface area (Å²) in [5.74, 6) is -0.844.